The average molecular weight is 576 g/mol. The maximum atomic E-state index is 13.4. The molecular formula is C33H29N5O3S. The largest absolute Gasteiger partial charge is 0.325 e. The molecule has 0 aromatic heterocycles. The lowest BCUT2D eigenvalue weighted by atomic mass is 9.90. The summed E-state index contributed by atoms with van der Waals surface area (Å²) in [6.45, 7) is 3.15. The van der Waals surface area contributed by atoms with Crippen LogP contribution in [-0.4, -0.2) is 38.0 Å². The number of nitrogens with zero attached hydrogens (tertiary/aromatic N) is 3. The van der Waals surface area contributed by atoms with Crippen LogP contribution >= 0.6 is 0 Å². The van der Waals surface area contributed by atoms with Crippen LogP contribution in [0.4, 0.5) is 17.1 Å². The van der Waals surface area contributed by atoms with E-state index in [0.717, 1.165) is 30.9 Å². The van der Waals surface area contributed by atoms with Crippen LogP contribution in [0.5, 0.6) is 0 Å². The summed E-state index contributed by atoms with van der Waals surface area (Å²) in [5, 5.41) is 12.3. The lowest BCUT2D eigenvalue weighted by Gasteiger charge is -2.16. The Morgan fingerprint density at radius 1 is 0.952 bits per heavy atom. The summed E-state index contributed by atoms with van der Waals surface area (Å²) in [4.78, 5) is 20.7. The number of rotatable bonds is 8. The standard InChI is InChI=1S/C33H29N5O3S/c34-21-25-10-4-5-11-30(25)42(40,41)37-27-16-17-29-28(20-27)31(33(39)36-29)32(24-8-2-1-3-9-24)35-26-14-12-23(13-15-26)22-38-18-6-7-19-38/h1-5,8-17,20,31,37H,6-7,18-19,22H2,(H,36,39). The van der Waals surface area contributed by atoms with E-state index in [-0.39, 0.29) is 22.1 Å². The fourth-order valence-corrected chi connectivity index (χ4v) is 6.73. The molecule has 2 aliphatic rings. The van der Waals surface area contributed by atoms with E-state index in [2.05, 4.69) is 27.1 Å². The van der Waals surface area contributed by atoms with Gasteiger partial charge >= 0.3 is 0 Å². The average Bonchev–Trinajstić information content (AvgIpc) is 3.63. The van der Waals surface area contributed by atoms with Crippen molar-refractivity contribution < 1.29 is 13.2 Å². The van der Waals surface area contributed by atoms with Gasteiger partial charge in [-0.15, -0.1) is 0 Å². The van der Waals surface area contributed by atoms with Gasteiger partial charge < -0.3 is 5.32 Å². The fraction of sp³-hybridized carbons (Fsp3) is 0.182. The van der Waals surface area contributed by atoms with Gasteiger partial charge in [0.15, 0.2) is 0 Å². The number of hydrogen-bond donors (Lipinski definition) is 2. The number of nitriles is 1. The molecular weight excluding hydrogens is 546 g/mol. The first kappa shape index (κ1) is 27.4. The normalized spacial score (nSPS) is 17.0. The van der Waals surface area contributed by atoms with E-state index in [1.54, 1.807) is 30.3 Å². The van der Waals surface area contributed by atoms with E-state index in [0.29, 0.717) is 17.0 Å². The monoisotopic (exact) mass is 575 g/mol. The summed E-state index contributed by atoms with van der Waals surface area (Å²) in [7, 11) is -4.05. The first-order valence-corrected chi connectivity index (χ1v) is 15.3. The topological polar surface area (TPSA) is 115 Å². The Balaban J connectivity index is 1.35. The zero-order valence-electron chi connectivity index (χ0n) is 22.8. The highest BCUT2D eigenvalue weighted by molar-refractivity contribution is 7.92. The van der Waals surface area contributed by atoms with Crippen molar-refractivity contribution in [1.29, 1.82) is 5.26 Å². The lowest BCUT2D eigenvalue weighted by molar-refractivity contribution is -0.115. The number of sulfonamides is 1. The third-order valence-corrected chi connectivity index (χ3v) is 9.01. The predicted molar refractivity (Wildman–Crippen MR) is 163 cm³/mol. The molecule has 9 heteroatoms. The zero-order valence-corrected chi connectivity index (χ0v) is 23.6. The number of carbonyl (C=O) groups excluding carboxylic acids is 1. The van der Waals surface area contributed by atoms with Crippen LogP contribution in [0.15, 0.2) is 107 Å². The van der Waals surface area contributed by atoms with Crippen LogP contribution in [-0.2, 0) is 21.4 Å². The number of benzene rings is 4. The molecule has 210 valence electrons. The summed E-state index contributed by atoms with van der Waals surface area (Å²) >= 11 is 0. The van der Waals surface area contributed by atoms with Crippen molar-refractivity contribution in [3.8, 4) is 6.07 Å². The minimum absolute atomic E-state index is 0.0471. The second-order valence-corrected chi connectivity index (χ2v) is 12.1. The molecule has 4 aromatic rings. The third-order valence-electron chi connectivity index (χ3n) is 7.57. The van der Waals surface area contributed by atoms with Crippen molar-refractivity contribution in [2.45, 2.75) is 30.2 Å². The minimum atomic E-state index is -4.05. The third kappa shape index (κ3) is 5.68. The molecule has 1 saturated heterocycles. The van der Waals surface area contributed by atoms with Gasteiger partial charge in [-0.2, -0.15) is 5.26 Å². The van der Waals surface area contributed by atoms with E-state index < -0.39 is 15.9 Å². The number of anilines is 2. The highest BCUT2D eigenvalue weighted by Gasteiger charge is 2.36. The first-order valence-electron chi connectivity index (χ1n) is 13.8. The molecule has 0 bridgehead atoms. The van der Waals surface area contributed by atoms with Gasteiger partial charge in [-0.05, 0) is 85.1 Å². The molecule has 2 heterocycles. The van der Waals surface area contributed by atoms with Crippen molar-refractivity contribution in [3.05, 3.63) is 119 Å². The number of amides is 1. The molecule has 1 unspecified atom stereocenters. The highest BCUT2D eigenvalue weighted by atomic mass is 32.2. The fourth-order valence-electron chi connectivity index (χ4n) is 5.52. The van der Waals surface area contributed by atoms with Crippen LogP contribution < -0.4 is 10.0 Å². The molecule has 1 atom stereocenters. The van der Waals surface area contributed by atoms with E-state index in [1.165, 1.54) is 30.5 Å². The van der Waals surface area contributed by atoms with Crippen molar-refractivity contribution in [2.75, 3.05) is 23.1 Å². The summed E-state index contributed by atoms with van der Waals surface area (Å²) in [5.74, 6) is -1.00. The summed E-state index contributed by atoms with van der Waals surface area (Å²) < 4.78 is 29.0. The Kier molecular flexibility index (Phi) is 7.57. The zero-order chi connectivity index (χ0) is 29.1. The molecule has 2 N–H and O–H groups in total. The number of carbonyl (C=O) groups is 1. The van der Waals surface area contributed by atoms with Gasteiger partial charge in [0.1, 0.15) is 16.9 Å². The Morgan fingerprint density at radius 3 is 2.40 bits per heavy atom. The van der Waals surface area contributed by atoms with E-state index in [4.69, 9.17) is 4.99 Å². The Labute approximate surface area is 245 Å². The molecule has 0 radical (unpaired) electrons. The SMILES string of the molecule is N#Cc1ccccc1S(=O)(=O)Nc1ccc2c(c1)C(C(=Nc1ccc(CN3CCCC3)cc1)c1ccccc1)C(=O)N2. The van der Waals surface area contributed by atoms with Crippen molar-refractivity contribution >= 4 is 38.7 Å². The molecule has 4 aromatic carbocycles. The van der Waals surface area contributed by atoms with Crippen LogP contribution in [0.25, 0.3) is 0 Å². The maximum absolute atomic E-state index is 13.4. The summed E-state index contributed by atoms with van der Waals surface area (Å²) in [6, 6.07) is 30.5. The number of hydrogen-bond acceptors (Lipinski definition) is 6. The summed E-state index contributed by atoms with van der Waals surface area (Å²) in [6.07, 6.45) is 2.48. The van der Waals surface area contributed by atoms with Crippen LogP contribution in [0.1, 0.15) is 41.0 Å². The molecule has 42 heavy (non-hydrogen) atoms. The van der Waals surface area contributed by atoms with Crippen molar-refractivity contribution in [1.82, 2.24) is 4.90 Å². The van der Waals surface area contributed by atoms with Crippen LogP contribution in [0.3, 0.4) is 0 Å². The minimum Gasteiger partial charge on any atom is -0.325 e. The van der Waals surface area contributed by atoms with Gasteiger partial charge in [0.25, 0.3) is 10.0 Å². The Hall–Kier alpha value is -4.78. The van der Waals surface area contributed by atoms with Crippen molar-refractivity contribution in [3.63, 3.8) is 0 Å². The second kappa shape index (κ2) is 11.6. The number of fused-ring (bicyclic) bond motifs is 1. The molecule has 0 saturated carbocycles. The molecule has 1 fully saturated rings. The molecule has 2 aliphatic heterocycles. The van der Waals surface area contributed by atoms with Gasteiger partial charge in [-0.25, -0.2) is 8.42 Å². The predicted octanol–water partition coefficient (Wildman–Crippen LogP) is 5.81. The first-order chi connectivity index (χ1) is 20.4. The second-order valence-electron chi connectivity index (χ2n) is 10.5. The van der Waals surface area contributed by atoms with Gasteiger partial charge in [-0.3, -0.25) is 19.4 Å². The lowest BCUT2D eigenvalue weighted by Crippen LogP contribution is -2.22. The Morgan fingerprint density at radius 2 is 1.67 bits per heavy atom. The summed E-state index contributed by atoms with van der Waals surface area (Å²) in [5.41, 5.74) is 4.83. The van der Waals surface area contributed by atoms with Gasteiger partial charge in [0.05, 0.1) is 17.0 Å². The number of aliphatic imine (C=N–C) groups is 1. The van der Waals surface area contributed by atoms with Gasteiger partial charge in [0.2, 0.25) is 5.91 Å². The van der Waals surface area contributed by atoms with E-state index in [9.17, 15) is 18.5 Å². The van der Waals surface area contributed by atoms with E-state index in [1.807, 2.05) is 48.5 Å². The molecule has 6 rings (SSSR count). The van der Waals surface area contributed by atoms with Crippen LogP contribution in [0.2, 0.25) is 0 Å². The molecule has 1 amide bonds. The Bertz CT molecular complexity index is 1810. The maximum Gasteiger partial charge on any atom is 0.263 e. The van der Waals surface area contributed by atoms with Crippen molar-refractivity contribution in [2.24, 2.45) is 4.99 Å². The van der Waals surface area contributed by atoms with Crippen LogP contribution in [0, 0.1) is 11.3 Å². The van der Waals surface area contributed by atoms with Gasteiger partial charge in [0, 0.05) is 17.9 Å². The molecule has 0 aliphatic carbocycles. The number of nitrogens with one attached hydrogen (secondary N) is 2. The highest BCUT2D eigenvalue weighted by Crippen LogP contribution is 2.38. The smallest absolute Gasteiger partial charge is 0.263 e. The molecule has 0 spiro atoms. The van der Waals surface area contributed by atoms with Gasteiger partial charge in [-0.1, -0.05) is 54.6 Å². The molecule has 8 nitrogen and oxygen atoms in total. The number of likely N-dealkylation sites (tertiary alicyclic amines) is 1. The quantitative estimate of drug-likeness (QED) is 0.257. The van der Waals surface area contributed by atoms with E-state index >= 15 is 0 Å².